The van der Waals surface area contributed by atoms with E-state index >= 15 is 0 Å². The van der Waals surface area contributed by atoms with Gasteiger partial charge in [-0.25, -0.2) is 17.8 Å². The Morgan fingerprint density at radius 1 is 1.00 bits per heavy atom. The monoisotopic (exact) mass is 564 g/mol. The van der Waals surface area contributed by atoms with E-state index in [0.29, 0.717) is 42.8 Å². The SMILES string of the molecule is Cc1c(CNC2CCN(S(=O)(=O)c3ccc(Nc4nccc(Nc5ccc(F)cc5)n4)cc3)CC2)cc(N)n1C. The molecule has 5 rings (SSSR count). The Labute approximate surface area is 233 Å². The van der Waals surface area contributed by atoms with E-state index in [4.69, 9.17) is 5.73 Å². The third kappa shape index (κ3) is 6.24. The van der Waals surface area contributed by atoms with E-state index in [2.05, 4.69) is 25.9 Å². The molecule has 40 heavy (non-hydrogen) atoms. The lowest BCUT2D eigenvalue weighted by Gasteiger charge is -2.31. The Bertz CT molecular complexity index is 1570. The van der Waals surface area contributed by atoms with Crippen LogP contribution in [0.3, 0.4) is 0 Å². The number of halogens is 1. The molecule has 4 aromatic rings. The van der Waals surface area contributed by atoms with Gasteiger partial charge in [-0.2, -0.15) is 9.29 Å². The summed E-state index contributed by atoms with van der Waals surface area (Å²) in [4.78, 5) is 8.88. The molecule has 1 aliphatic heterocycles. The lowest BCUT2D eigenvalue weighted by Crippen LogP contribution is -2.44. The minimum Gasteiger partial charge on any atom is -0.385 e. The van der Waals surface area contributed by atoms with E-state index in [1.165, 1.54) is 12.1 Å². The summed E-state index contributed by atoms with van der Waals surface area (Å²) >= 11 is 0. The fourth-order valence-electron chi connectivity index (χ4n) is 4.68. The van der Waals surface area contributed by atoms with Crippen LogP contribution in [0, 0.1) is 12.7 Å². The Morgan fingerprint density at radius 2 is 1.65 bits per heavy atom. The van der Waals surface area contributed by atoms with Gasteiger partial charge in [0.25, 0.3) is 0 Å². The summed E-state index contributed by atoms with van der Waals surface area (Å²) in [5.41, 5.74) is 9.62. The molecule has 1 fully saturated rings. The molecule has 0 spiro atoms. The first-order valence-electron chi connectivity index (χ1n) is 13.1. The number of nitrogens with one attached hydrogen (secondary N) is 3. The normalized spacial score (nSPS) is 14.8. The average molecular weight is 565 g/mol. The van der Waals surface area contributed by atoms with Gasteiger partial charge in [0.05, 0.1) is 4.90 Å². The van der Waals surface area contributed by atoms with Crippen molar-refractivity contribution in [2.24, 2.45) is 7.05 Å². The fraction of sp³-hybridized carbons (Fsp3) is 0.286. The van der Waals surface area contributed by atoms with Gasteiger partial charge >= 0.3 is 0 Å². The molecule has 3 heterocycles. The van der Waals surface area contributed by atoms with Crippen LogP contribution < -0.4 is 21.7 Å². The van der Waals surface area contributed by atoms with Crippen LogP contribution in [-0.2, 0) is 23.6 Å². The number of rotatable bonds is 9. The summed E-state index contributed by atoms with van der Waals surface area (Å²) < 4.78 is 43.2. The zero-order valence-electron chi connectivity index (χ0n) is 22.4. The van der Waals surface area contributed by atoms with Crippen LogP contribution in [0.4, 0.5) is 33.3 Å². The maximum atomic E-state index is 13.3. The lowest BCUT2D eigenvalue weighted by atomic mass is 10.1. The second-order valence-electron chi connectivity index (χ2n) is 9.84. The predicted octanol–water partition coefficient (Wildman–Crippen LogP) is 4.27. The number of benzene rings is 2. The van der Waals surface area contributed by atoms with Gasteiger partial charge < -0.3 is 26.3 Å². The molecule has 2 aromatic carbocycles. The van der Waals surface area contributed by atoms with Crippen molar-refractivity contribution in [2.75, 3.05) is 29.5 Å². The van der Waals surface area contributed by atoms with Gasteiger partial charge in [0.2, 0.25) is 16.0 Å². The Kier molecular flexibility index (Phi) is 8.01. The summed E-state index contributed by atoms with van der Waals surface area (Å²) in [6, 6.07) is 16.4. The molecule has 0 amide bonds. The number of nitrogens with zero attached hydrogens (tertiary/aromatic N) is 4. The Balaban J connectivity index is 1.15. The highest BCUT2D eigenvalue weighted by Crippen LogP contribution is 2.24. The van der Waals surface area contributed by atoms with Crippen molar-refractivity contribution in [1.82, 2.24) is 24.2 Å². The molecule has 210 valence electrons. The second-order valence-corrected chi connectivity index (χ2v) is 11.8. The maximum absolute atomic E-state index is 13.3. The zero-order chi connectivity index (χ0) is 28.3. The maximum Gasteiger partial charge on any atom is 0.243 e. The third-order valence-corrected chi connectivity index (χ3v) is 9.15. The van der Waals surface area contributed by atoms with Gasteiger partial charge in [-0.1, -0.05) is 0 Å². The smallest absolute Gasteiger partial charge is 0.243 e. The van der Waals surface area contributed by atoms with Crippen LogP contribution in [0.1, 0.15) is 24.1 Å². The fourth-order valence-corrected chi connectivity index (χ4v) is 6.15. The van der Waals surface area contributed by atoms with Crippen LogP contribution in [0.5, 0.6) is 0 Å². The Hall–Kier alpha value is -4.00. The summed E-state index contributed by atoms with van der Waals surface area (Å²) in [7, 11) is -1.66. The molecular weight excluding hydrogens is 531 g/mol. The number of anilines is 5. The number of aromatic nitrogens is 3. The zero-order valence-corrected chi connectivity index (χ0v) is 23.2. The van der Waals surface area contributed by atoms with Crippen molar-refractivity contribution in [2.45, 2.75) is 37.2 Å². The molecule has 0 bridgehead atoms. The highest BCUT2D eigenvalue weighted by molar-refractivity contribution is 7.89. The lowest BCUT2D eigenvalue weighted by molar-refractivity contribution is 0.288. The first-order chi connectivity index (χ1) is 19.2. The van der Waals surface area contributed by atoms with Gasteiger partial charge in [0.1, 0.15) is 17.5 Å². The topological polar surface area (TPSA) is 130 Å². The number of nitrogens with two attached hydrogens (primary N) is 1. The number of hydrogen-bond donors (Lipinski definition) is 4. The number of nitrogen functional groups attached to an aromatic ring is 1. The number of piperidine rings is 1. The average Bonchev–Trinajstić information content (AvgIpc) is 3.20. The van der Waals surface area contributed by atoms with Gasteiger partial charge in [-0.15, -0.1) is 0 Å². The summed E-state index contributed by atoms with van der Waals surface area (Å²) in [6.07, 6.45) is 3.06. The van der Waals surface area contributed by atoms with Gasteiger partial charge in [0, 0.05) is 56.0 Å². The number of hydrogen-bond acceptors (Lipinski definition) is 8. The van der Waals surface area contributed by atoms with Crippen LogP contribution in [0.2, 0.25) is 0 Å². The molecule has 1 aliphatic rings. The molecular formula is C28H33FN8O2S. The molecule has 12 heteroatoms. The largest absolute Gasteiger partial charge is 0.385 e. The molecule has 0 atom stereocenters. The summed E-state index contributed by atoms with van der Waals surface area (Å²) in [5.74, 6) is 1.29. The van der Waals surface area contributed by atoms with Crippen LogP contribution in [0.15, 0.2) is 71.8 Å². The van der Waals surface area contributed by atoms with E-state index in [1.54, 1.807) is 53.0 Å². The van der Waals surface area contributed by atoms with Gasteiger partial charge in [-0.05, 0) is 86.0 Å². The van der Waals surface area contributed by atoms with Gasteiger partial charge in [0.15, 0.2) is 0 Å². The molecule has 1 saturated heterocycles. The minimum absolute atomic E-state index is 0.243. The van der Waals surface area contributed by atoms with Crippen LogP contribution >= 0.6 is 0 Å². The van der Waals surface area contributed by atoms with Crippen molar-refractivity contribution < 1.29 is 12.8 Å². The minimum atomic E-state index is -3.61. The van der Waals surface area contributed by atoms with Crippen molar-refractivity contribution in [1.29, 1.82) is 0 Å². The molecule has 0 unspecified atom stereocenters. The quantitative estimate of drug-likeness (QED) is 0.237. The van der Waals surface area contributed by atoms with E-state index < -0.39 is 10.0 Å². The highest BCUT2D eigenvalue weighted by Gasteiger charge is 2.29. The van der Waals surface area contributed by atoms with E-state index in [9.17, 15) is 12.8 Å². The van der Waals surface area contributed by atoms with Crippen molar-refractivity contribution in [3.8, 4) is 0 Å². The van der Waals surface area contributed by atoms with Crippen LogP contribution in [-0.4, -0.2) is 46.4 Å². The Morgan fingerprint density at radius 3 is 2.30 bits per heavy atom. The highest BCUT2D eigenvalue weighted by atomic mass is 32.2. The first-order valence-corrected chi connectivity index (χ1v) is 14.5. The van der Waals surface area contributed by atoms with E-state index in [-0.39, 0.29) is 16.8 Å². The van der Waals surface area contributed by atoms with Crippen molar-refractivity contribution >= 4 is 39.0 Å². The van der Waals surface area contributed by atoms with Crippen molar-refractivity contribution in [3.63, 3.8) is 0 Å². The second kappa shape index (κ2) is 11.6. The molecule has 10 nitrogen and oxygen atoms in total. The van der Waals surface area contributed by atoms with Crippen LogP contribution in [0.25, 0.3) is 0 Å². The summed E-state index contributed by atoms with van der Waals surface area (Å²) in [6.45, 7) is 3.66. The summed E-state index contributed by atoms with van der Waals surface area (Å²) in [5, 5.41) is 9.74. The number of sulfonamides is 1. The molecule has 2 aromatic heterocycles. The van der Waals surface area contributed by atoms with Gasteiger partial charge in [-0.3, -0.25) is 0 Å². The molecule has 0 radical (unpaired) electrons. The van der Waals surface area contributed by atoms with E-state index in [0.717, 1.165) is 29.9 Å². The first kappa shape index (κ1) is 27.6. The van der Waals surface area contributed by atoms with E-state index in [1.807, 2.05) is 24.6 Å². The molecule has 0 saturated carbocycles. The molecule has 5 N–H and O–H groups in total. The standard InChI is InChI=1S/C28H33FN8O2S/c1-19-20(17-26(30)36(19)2)18-32-22-12-15-37(16-13-22)40(38,39)25-9-7-24(8-10-25)34-28-31-14-11-27(35-28)33-23-5-3-21(29)4-6-23/h3-11,14,17,22,32H,12-13,15-16,18,30H2,1-2H3,(H2,31,33,34,35). The molecule has 0 aliphatic carbocycles. The predicted molar refractivity (Wildman–Crippen MR) is 155 cm³/mol. The third-order valence-electron chi connectivity index (χ3n) is 7.23. The van der Waals surface area contributed by atoms with Crippen molar-refractivity contribution in [3.05, 3.63) is 83.9 Å².